The van der Waals surface area contributed by atoms with Crippen LogP contribution >= 0.6 is 0 Å². The Balaban J connectivity index is 2.07. The highest BCUT2D eigenvalue weighted by atomic mass is 32.2. The van der Waals surface area contributed by atoms with Crippen molar-refractivity contribution in [2.24, 2.45) is 7.05 Å². The van der Waals surface area contributed by atoms with Gasteiger partial charge in [0.15, 0.2) is 5.03 Å². The van der Waals surface area contributed by atoms with Crippen LogP contribution in [0.5, 0.6) is 0 Å². The molecule has 0 aromatic carbocycles. The first-order chi connectivity index (χ1) is 9.88. The molecule has 0 aliphatic rings. The average Bonchev–Trinajstić information content (AvgIpc) is 3.03. The van der Waals surface area contributed by atoms with Gasteiger partial charge in [-0.1, -0.05) is 13.8 Å². The van der Waals surface area contributed by atoms with Crippen LogP contribution in [0.3, 0.4) is 0 Å². The second-order valence-corrected chi connectivity index (χ2v) is 6.81. The summed E-state index contributed by atoms with van der Waals surface area (Å²) in [5.41, 5.74) is 1.41. The van der Waals surface area contributed by atoms with Crippen molar-refractivity contribution < 1.29 is 8.42 Å². The minimum atomic E-state index is -3.63. The molecule has 0 fully saturated rings. The molecular formula is C12H20N6O2S. The number of aromatic nitrogens is 4. The molecule has 9 heteroatoms. The van der Waals surface area contributed by atoms with Crippen LogP contribution in [-0.4, -0.2) is 34.4 Å². The van der Waals surface area contributed by atoms with Gasteiger partial charge in [0, 0.05) is 43.5 Å². The molecule has 0 saturated carbocycles. The molecule has 0 atom stereocenters. The van der Waals surface area contributed by atoms with E-state index in [1.165, 1.54) is 6.20 Å². The SMILES string of the molecule is CC(C)NCc1cn[nH]c1S(=O)(=O)NCc1cnn(C)c1. The summed E-state index contributed by atoms with van der Waals surface area (Å²) in [5, 5.41) is 13.6. The molecule has 0 aliphatic carbocycles. The fourth-order valence-corrected chi connectivity index (χ4v) is 2.93. The van der Waals surface area contributed by atoms with Gasteiger partial charge in [-0.2, -0.15) is 10.2 Å². The number of hydrogen-bond acceptors (Lipinski definition) is 5. The quantitative estimate of drug-likeness (QED) is 0.673. The first-order valence-electron chi connectivity index (χ1n) is 6.61. The number of sulfonamides is 1. The smallest absolute Gasteiger partial charge is 0.258 e. The monoisotopic (exact) mass is 312 g/mol. The number of rotatable bonds is 7. The number of aryl methyl sites for hydroxylation is 1. The maximum atomic E-state index is 12.3. The lowest BCUT2D eigenvalue weighted by Gasteiger charge is -2.09. The predicted octanol–water partition coefficient (Wildman–Crippen LogP) is 0.120. The van der Waals surface area contributed by atoms with E-state index in [0.717, 1.165) is 5.56 Å². The molecule has 0 unspecified atom stereocenters. The zero-order chi connectivity index (χ0) is 15.5. The molecule has 0 saturated heterocycles. The van der Waals surface area contributed by atoms with E-state index in [1.54, 1.807) is 24.1 Å². The van der Waals surface area contributed by atoms with Crippen molar-refractivity contribution in [3.63, 3.8) is 0 Å². The van der Waals surface area contributed by atoms with E-state index in [0.29, 0.717) is 12.1 Å². The molecular weight excluding hydrogens is 292 g/mol. The van der Waals surface area contributed by atoms with Gasteiger partial charge in [-0.05, 0) is 0 Å². The largest absolute Gasteiger partial charge is 0.310 e. The third-order valence-electron chi connectivity index (χ3n) is 2.87. The number of aromatic amines is 1. The first-order valence-corrected chi connectivity index (χ1v) is 8.09. The van der Waals surface area contributed by atoms with E-state index in [9.17, 15) is 8.42 Å². The molecule has 2 aromatic heterocycles. The molecule has 2 aromatic rings. The normalized spacial score (nSPS) is 12.2. The maximum Gasteiger partial charge on any atom is 0.258 e. The van der Waals surface area contributed by atoms with Crippen LogP contribution in [0.25, 0.3) is 0 Å². The molecule has 21 heavy (non-hydrogen) atoms. The van der Waals surface area contributed by atoms with E-state index in [-0.39, 0.29) is 17.6 Å². The van der Waals surface area contributed by atoms with Crippen molar-refractivity contribution in [3.05, 3.63) is 29.7 Å². The van der Waals surface area contributed by atoms with Crippen molar-refractivity contribution >= 4 is 10.0 Å². The number of nitrogens with one attached hydrogen (secondary N) is 3. The van der Waals surface area contributed by atoms with E-state index in [1.807, 2.05) is 13.8 Å². The molecule has 2 rings (SSSR count). The lowest BCUT2D eigenvalue weighted by atomic mass is 10.3. The summed E-state index contributed by atoms with van der Waals surface area (Å²) in [4.78, 5) is 0. The second-order valence-electron chi connectivity index (χ2n) is 5.11. The Morgan fingerprint density at radius 1 is 1.33 bits per heavy atom. The average molecular weight is 312 g/mol. The van der Waals surface area contributed by atoms with Gasteiger partial charge < -0.3 is 5.32 Å². The zero-order valence-electron chi connectivity index (χ0n) is 12.3. The van der Waals surface area contributed by atoms with E-state index >= 15 is 0 Å². The van der Waals surface area contributed by atoms with Crippen molar-refractivity contribution in [2.75, 3.05) is 0 Å². The minimum absolute atomic E-state index is 0.0968. The van der Waals surface area contributed by atoms with Crippen LogP contribution in [0.2, 0.25) is 0 Å². The lowest BCUT2D eigenvalue weighted by Crippen LogP contribution is -2.27. The van der Waals surface area contributed by atoms with E-state index in [2.05, 4.69) is 25.3 Å². The molecule has 0 spiro atoms. The molecule has 116 valence electrons. The standard InChI is InChI=1S/C12H20N6O2S/c1-9(2)13-6-11-7-14-17-12(11)21(19,20)16-5-10-4-15-18(3)8-10/h4,7-9,13,16H,5-6H2,1-3H3,(H,14,17). The van der Waals surface area contributed by atoms with Crippen LogP contribution in [0, 0.1) is 0 Å². The van der Waals surface area contributed by atoms with Crippen LogP contribution in [0.1, 0.15) is 25.0 Å². The predicted molar refractivity (Wildman–Crippen MR) is 77.8 cm³/mol. The maximum absolute atomic E-state index is 12.3. The Morgan fingerprint density at radius 3 is 2.71 bits per heavy atom. The van der Waals surface area contributed by atoms with E-state index in [4.69, 9.17) is 0 Å². The Hall–Kier alpha value is -1.71. The highest BCUT2D eigenvalue weighted by Crippen LogP contribution is 2.12. The fraction of sp³-hybridized carbons (Fsp3) is 0.500. The van der Waals surface area contributed by atoms with Crippen molar-refractivity contribution in [1.29, 1.82) is 0 Å². The van der Waals surface area contributed by atoms with Gasteiger partial charge in [-0.25, -0.2) is 13.1 Å². The zero-order valence-corrected chi connectivity index (χ0v) is 13.1. The van der Waals surface area contributed by atoms with Gasteiger partial charge in [0.1, 0.15) is 0 Å². The van der Waals surface area contributed by atoms with Gasteiger partial charge in [-0.15, -0.1) is 0 Å². The second kappa shape index (κ2) is 6.37. The minimum Gasteiger partial charge on any atom is -0.310 e. The summed E-state index contributed by atoms with van der Waals surface area (Å²) in [7, 11) is -1.85. The topological polar surface area (TPSA) is 105 Å². The van der Waals surface area contributed by atoms with Crippen LogP contribution < -0.4 is 10.0 Å². The van der Waals surface area contributed by atoms with Gasteiger partial charge in [0.25, 0.3) is 10.0 Å². The third kappa shape index (κ3) is 4.13. The molecule has 0 aliphatic heterocycles. The lowest BCUT2D eigenvalue weighted by molar-refractivity contribution is 0.564. The molecule has 0 radical (unpaired) electrons. The Morgan fingerprint density at radius 2 is 2.10 bits per heavy atom. The van der Waals surface area contributed by atoms with Gasteiger partial charge in [0.05, 0.1) is 12.4 Å². The molecule has 0 amide bonds. The fourth-order valence-electron chi connectivity index (χ4n) is 1.79. The van der Waals surface area contributed by atoms with Crippen molar-refractivity contribution in [1.82, 2.24) is 30.0 Å². The Kier molecular flexibility index (Phi) is 4.76. The molecule has 2 heterocycles. The van der Waals surface area contributed by atoms with Crippen molar-refractivity contribution in [2.45, 2.75) is 38.0 Å². The summed E-state index contributed by atoms with van der Waals surface area (Å²) in [6, 6.07) is 0.263. The van der Waals surface area contributed by atoms with E-state index < -0.39 is 10.0 Å². The molecule has 3 N–H and O–H groups in total. The summed E-state index contributed by atoms with van der Waals surface area (Å²) in [6.45, 7) is 4.62. The highest BCUT2D eigenvalue weighted by molar-refractivity contribution is 7.89. The Bertz CT molecular complexity index is 688. The van der Waals surface area contributed by atoms with Crippen LogP contribution in [-0.2, 0) is 30.2 Å². The first kappa shape index (κ1) is 15.7. The number of hydrogen-bond donors (Lipinski definition) is 3. The Labute approximate surface area is 124 Å². The van der Waals surface area contributed by atoms with Gasteiger partial charge in [-0.3, -0.25) is 9.78 Å². The summed E-state index contributed by atoms with van der Waals surface area (Å²) < 4.78 is 28.8. The third-order valence-corrected chi connectivity index (χ3v) is 4.29. The number of H-pyrrole nitrogens is 1. The highest BCUT2D eigenvalue weighted by Gasteiger charge is 2.20. The van der Waals surface area contributed by atoms with Gasteiger partial charge in [0.2, 0.25) is 0 Å². The summed E-state index contributed by atoms with van der Waals surface area (Å²) >= 11 is 0. The van der Waals surface area contributed by atoms with Crippen LogP contribution in [0.4, 0.5) is 0 Å². The van der Waals surface area contributed by atoms with Crippen LogP contribution in [0.15, 0.2) is 23.6 Å². The van der Waals surface area contributed by atoms with Gasteiger partial charge >= 0.3 is 0 Å². The summed E-state index contributed by atoms with van der Waals surface area (Å²) in [5.74, 6) is 0. The molecule has 8 nitrogen and oxygen atoms in total. The molecule has 0 bridgehead atoms. The van der Waals surface area contributed by atoms with Crippen molar-refractivity contribution in [3.8, 4) is 0 Å². The summed E-state index contributed by atoms with van der Waals surface area (Å²) in [6.07, 6.45) is 4.90. The number of nitrogens with zero attached hydrogens (tertiary/aromatic N) is 3.